The maximum atomic E-state index is 14.1. The minimum absolute atomic E-state index is 0.0221. The van der Waals surface area contributed by atoms with E-state index in [0.717, 1.165) is 12.8 Å². The minimum atomic E-state index is -4.59. The third-order valence-electron chi connectivity index (χ3n) is 8.57. The fourth-order valence-corrected chi connectivity index (χ4v) is 6.46. The number of amides is 1. The molecule has 2 aromatic heterocycles. The van der Waals surface area contributed by atoms with E-state index in [9.17, 15) is 22.4 Å². The number of piperidine rings is 1. The summed E-state index contributed by atoms with van der Waals surface area (Å²) in [5.74, 6) is -1.04. The number of halogens is 4. The molecular weight excluding hydrogens is 504 g/mol. The Morgan fingerprint density at radius 2 is 2.05 bits per heavy atom. The smallest absolute Gasteiger partial charge is 0.432 e. The number of hydrogen-bond donors (Lipinski definition) is 3. The first kappa shape index (κ1) is 27.0. The SMILES string of the molecule is CC1CC([C@@H](NC(=O)C2CC(Cn3ccoc3=N)CC(c3cn(C)nc3C(F)(F)F)C2)C2CC2)NCC1F. The second-order valence-corrected chi connectivity index (χ2v) is 11.5. The molecule has 38 heavy (non-hydrogen) atoms. The largest absolute Gasteiger partial charge is 0.435 e. The van der Waals surface area contributed by atoms with Gasteiger partial charge in [-0.1, -0.05) is 6.92 Å². The molecule has 2 aliphatic carbocycles. The molecule has 8 nitrogen and oxygen atoms in total. The van der Waals surface area contributed by atoms with E-state index in [1.165, 1.54) is 24.2 Å². The van der Waals surface area contributed by atoms with Gasteiger partial charge in [-0.25, -0.2) is 4.39 Å². The molecule has 7 atom stereocenters. The third-order valence-corrected chi connectivity index (χ3v) is 8.57. The Balaban J connectivity index is 1.37. The van der Waals surface area contributed by atoms with Crippen molar-refractivity contribution in [1.82, 2.24) is 25.0 Å². The van der Waals surface area contributed by atoms with Crippen LogP contribution in [0.15, 0.2) is 23.1 Å². The van der Waals surface area contributed by atoms with Crippen LogP contribution in [0, 0.1) is 29.1 Å². The highest BCUT2D eigenvalue weighted by molar-refractivity contribution is 5.79. The molecule has 3 heterocycles. The Bertz CT molecular complexity index is 1190. The molecule has 3 N–H and O–H groups in total. The van der Waals surface area contributed by atoms with Gasteiger partial charge >= 0.3 is 6.18 Å². The first-order valence-corrected chi connectivity index (χ1v) is 13.5. The summed E-state index contributed by atoms with van der Waals surface area (Å²) in [5.41, 5.74) is -0.830. The van der Waals surface area contributed by atoms with Crippen molar-refractivity contribution in [3.63, 3.8) is 0 Å². The zero-order valence-corrected chi connectivity index (χ0v) is 21.7. The van der Waals surface area contributed by atoms with Crippen LogP contribution < -0.4 is 16.3 Å². The second-order valence-electron chi connectivity index (χ2n) is 11.5. The van der Waals surface area contributed by atoms with Gasteiger partial charge in [0.2, 0.25) is 5.91 Å². The number of aryl methyl sites for hydroxylation is 1. The van der Waals surface area contributed by atoms with Crippen molar-refractivity contribution in [3.8, 4) is 0 Å². The standard InChI is InChI=1S/C26H36F4N6O2/c1-14-7-21(32-11-20(14)27)22(16-3-4-16)33-24(37)18-9-15(12-36-5-6-38-25(36)31)8-17(10-18)19-13-35(2)34-23(19)26(28,29)30/h5-6,13-18,20-22,31-32H,3-4,7-12H2,1-2H3,(H,33,37)/t14?,15?,17?,18?,20?,21?,22-/m0/s1. The number of nitrogens with zero attached hydrogens (tertiary/aromatic N) is 3. The summed E-state index contributed by atoms with van der Waals surface area (Å²) in [4.78, 5) is 13.7. The summed E-state index contributed by atoms with van der Waals surface area (Å²) in [7, 11) is 1.47. The van der Waals surface area contributed by atoms with Crippen LogP contribution in [-0.4, -0.2) is 45.1 Å². The second kappa shape index (κ2) is 10.5. The van der Waals surface area contributed by atoms with Gasteiger partial charge in [-0.05, 0) is 62.2 Å². The fraction of sp³-hybridized carbons (Fsp3) is 0.731. The molecule has 0 spiro atoms. The van der Waals surface area contributed by atoms with Gasteiger partial charge in [0.15, 0.2) is 5.69 Å². The van der Waals surface area contributed by atoms with E-state index in [-0.39, 0.29) is 47.6 Å². The van der Waals surface area contributed by atoms with Crippen molar-refractivity contribution in [2.24, 2.45) is 30.7 Å². The molecule has 0 bridgehead atoms. The third kappa shape index (κ3) is 5.84. The zero-order chi connectivity index (χ0) is 27.2. The first-order chi connectivity index (χ1) is 18.0. The van der Waals surface area contributed by atoms with Crippen LogP contribution in [0.1, 0.15) is 62.6 Å². The van der Waals surface area contributed by atoms with Crippen LogP contribution in [0.3, 0.4) is 0 Å². The molecule has 3 aliphatic rings. The van der Waals surface area contributed by atoms with E-state index in [0.29, 0.717) is 38.1 Å². The highest BCUT2D eigenvalue weighted by atomic mass is 19.4. The van der Waals surface area contributed by atoms with E-state index < -0.39 is 29.9 Å². The van der Waals surface area contributed by atoms with Crippen molar-refractivity contribution in [1.29, 1.82) is 5.41 Å². The molecule has 2 saturated carbocycles. The van der Waals surface area contributed by atoms with Crippen LogP contribution in [0.2, 0.25) is 0 Å². The number of rotatable bonds is 7. The first-order valence-electron chi connectivity index (χ1n) is 13.5. The number of nitrogens with one attached hydrogen (secondary N) is 3. The predicted molar refractivity (Wildman–Crippen MR) is 129 cm³/mol. The van der Waals surface area contributed by atoms with Gasteiger partial charge < -0.3 is 15.1 Å². The normalized spacial score (nSPS) is 31.2. The van der Waals surface area contributed by atoms with E-state index in [1.807, 2.05) is 6.92 Å². The van der Waals surface area contributed by atoms with Crippen molar-refractivity contribution in [3.05, 3.63) is 35.6 Å². The highest BCUT2D eigenvalue weighted by Gasteiger charge is 2.45. The van der Waals surface area contributed by atoms with Crippen LogP contribution in [0.4, 0.5) is 17.6 Å². The van der Waals surface area contributed by atoms with Gasteiger partial charge in [0.05, 0.1) is 0 Å². The number of carbonyl (C=O) groups excluding carboxylic acids is 1. The maximum absolute atomic E-state index is 14.1. The molecule has 0 aromatic carbocycles. The monoisotopic (exact) mass is 540 g/mol. The van der Waals surface area contributed by atoms with Crippen LogP contribution >= 0.6 is 0 Å². The van der Waals surface area contributed by atoms with Crippen molar-refractivity contribution >= 4 is 5.91 Å². The zero-order valence-electron chi connectivity index (χ0n) is 21.7. The van der Waals surface area contributed by atoms with Gasteiger partial charge in [-0.3, -0.25) is 19.5 Å². The Morgan fingerprint density at radius 1 is 1.29 bits per heavy atom. The lowest BCUT2D eigenvalue weighted by molar-refractivity contribution is -0.142. The predicted octanol–water partition coefficient (Wildman–Crippen LogP) is 3.74. The van der Waals surface area contributed by atoms with E-state index >= 15 is 0 Å². The highest BCUT2D eigenvalue weighted by Crippen LogP contribution is 2.45. The lowest BCUT2D eigenvalue weighted by atomic mass is 9.72. The Morgan fingerprint density at radius 3 is 2.68 bits per heavy atom. The summed E-state index contributed by atoms with van der Waals surface area (Å²) in [6.07, 6.45) is 2.81. The molecule has 2 aromatic rings. The lowest BCUT2D eigenvalue weighted by Crippen LogP contribution is -2.57. The summed E-state index contributed by atoms with van der Waals surface area (Å²) in [6, 6.07) is -0.144. The van der Waals surface area contributed by atoms with Crippen molar-refractivity contribution < 1.29 is 26.8 Å². The summed E-state index contributed by atoms with van der Waals surface area (Å²) in [6.45, 7) is 2.53. The summed E-state index contributed by atoms with van der Waals surface area (Å²) < 4.78 is 63.4. The lowest BCUT2D eigenvalue weighted by Gasteiger charge is -2.39. The van der Waals surface area contributed by atoms with Crippen molar-refractivity contribution in [2.45, 2.75) is 82.3 Å². The van der Waals surface area contributed by atoms with Gasteiger partial charge in [-0.15, -0.1) is 0 Å². The average Bonchev–Trinajstić information content (AvgIpc) is 3.50. The van der Waals surface area contributed by atoms with Gasteiger partial charge in [0.1, 0.15) is 12.4 Å². The molecule has 1 amide bonds. The van der Waals surface area contributed by atoms with Gasteiger partial charge in [0.25, 0.3) is 5.68 Å². The fourth-order valence-electron chi connectivity index (χ4n) is 6.46. The Hall–Kier alpha value is -2.63. The molecule has 1 saturated heterocycles. The topological polar surface area (TPSA) is 101 Å². The van der Waals surface area contributed by atoms with E-state index in [2.05, 4.69) is 15.7 Å². The molecular formula is C26H36F4N6O2. The molecule has 3 fully saturated rings. The summed E-state index contributed by atoms with van der Waals surface area (Å²) in [5, 5.41) is 18.2. The minimum Gasteiger partial charge on any atom is -0.432 e. The Kier molecular flexibility index (Phi) is 7.45. The van der Waals surface area contributed by atoms with Crippen LogP contribution in [-0.2, 0) is 24.6 Å². The number of hydrogen-bond acceptors (Lipinski definition) is 5. The Labute approximate surface area is 218 Å². The van der Waals surface area contributed by atoms with Crippen LogP contribution in [0.5, 0.6) is 0 Å². The number of alkyl halides is 4. The number of carbonyl (C=O) groups is 1. The van der Waals surface area contributed by atoms with Gasteiger partial charge in [0, 0.05) is 56.1 Å². The number of oxazole rings is 1. The maximum Gasteiger partial charge on any atom is 0.435 e. The van der Waals surface area contributed by atoms with E-state index in [4.69, 9.17) is 9.83 Å². The molecule has 210 valence electrons. The molecule has 1 aliphatic heterocycles. The van der Waals surface area contributed by atoms with E-state index in [1.54, 1.807) is 10.8 Å². The van der Waals surface area contributed by atoms with Crippen LogP contribution in [0.25, 0.3) is 0 Å². The quantitative estimate of drug-likeness (QED) is 0.466. The molecule has 6 unspecified atom stereocenters. The molecule has 12 heteroatoms. The summed E-state index contributed by atoms with van der Waals surface area (Å²) >= 11 is 0. The van der Waals surface area contributed by atoms with Crippen molar-refractivity contribution in [2.75, 3.05) is 6.54 Å². The van der Waals surface area contributed by atoms with Gasteiger partial charge in [-0.2, -0.15) is 18.3 Å². The number of aromatic nitrogens is 3. The average molecular weight is 541 g/mol. The molecule has 0 radical (unpaired) electrons. The molecule has 5 rings (SSSR count).